The van der Waals surface area contributed by atoms with Crippen LogP contribution in [0.1, 0.15) is 37.6 Å². The number of aryl methyl sites for hydroxylation is 2. The predicted octanol–water partition coefficient (Wildman–Crippen LogP) is 2.38. The molecule has 1 aliphatic rings. The van der Waals surface area contributed by atoms with Crippen LogP contribution in [0.4, 0.5) is 4.39 Å². The first kappa shape index (κ1) is 24.3. The monoisotopic (exact) mass is 460 g/mol. The maximum absolute atomic E-state index is 13.4. The summed E-state index contributed by atoms with van der Waals surface area (Å²) >= 11 is 0. The number of amides is 2. The summed E-state index contributed by atoms with van der Waals surface area (Å²) in [6, 6.07) is 4.53. The Hall–Kier alpha value is -3.30. The molecule has 1 unspecified atom stereocenters. The number of halogens is 1. The number of likely N-dealkylation sites (N-methyl/N-ethyl adjacent to an activating group) is 1. The first-order chi connectivity index (χ1) is 15.8. The standard InChI is InChI=1S/C23H29FN4O5/c1-4-32-23(31)17-6-5-11-28(13-17)21(30)14-27(3)20(29)10-9-19-25-22(26-33-19)16-7-8-18(24)15(2)12-16/h7-8,12,17H,4-6,9-11,13-14H2,1-3H3. The number of hydrogen-bond donors (Lipinski definition) is 0. The Labute approximate surface area is 191 Å². The van der Waals surface area contributed by atoms with Crippen LogP contribution in [0, 0.1) is 18.7 Å². The van der Waals surface area contributed by atoms with Crippen LogP contribution in [0.5, 0.6) is 0 Å². The molecule has 1 fully saturated rings. The average Bonchev–Trinajstić information content (AvgIpc) is 3.28. The predicted molar refractivity (Wildman–Crippen MR) is 116 cm³/mol. The van der Waals surface area contributed by atoms with E-state index in [0.29, 0.717) is 43.1 Å². The van der Waals surface area contributed by atoms with Gasteiger partial charge in [0.1, 0.15) is 5.82 Å². The Morgan fingerprint density at radius 1 is 1.33 bits per heavy atom. The highest BCUT2D eigenvalue weighted by Crippen LogP contribution is 2.20. The molecule has 0 saturated carbocycles. The van der Waals surface area contributed by atoms with Crippen LogP contribution in [0.2, 0.25) is 0 Å². The van der Waals surface area contributed by atoms with Crippen LogP contribution >= 0.6 is 0 Å². The number of likely N-dealkylation sites (tertiary alicyclic amines) is 1. The van der Waals surface area contributed by atoms with Gasteiger partial charge >= 0.3 is 5.97 Å². The molecule has 0 aliphatic carbocycles. The van der Waals surface area contributed by atoms with Crippen LogP contribution in [-0.2, 0) is 25.5 Å². The second-order valence-electron chi connectivity index (χ2n) is 8.16. The second-order valence-corrected chi connectivity index (χ2v) is 8.16. The summed E-state index contributed by atoms with van der Waals surface area (Å²) in [4.78, 5) is 44.4. The number of esters is 1. The molecule has 0 spiro atoms. The number of nitrogens with zero attached hydrogens (tertiary/aromatic N) is 4. The Balaban J connectivity index is 1.48. The molecule has 2 aromatic rings. The maximum atomic E-state index is 13.4. The minimum absolute atomic E-state index is 0.0711. The largest absolute Gasteiger partial charge is 0.466 e. The van der Waals surface area contributed by atoms with E-state index in [1.54, 1.807) is 37.9 Å². The number of benzene rings is 1. The van der Waals surface area contributed by atoms with Crippen molar-refractivity contribution < 1.29 is 28.0 Å². The van der Waals surface area contributed by atoms with Gasteiger partial charge in [0, 0.05) is 38.5 Å². The molecule has 2 amide bonds. The molecule has 33 heavy (non-hydrogen) atoms. The summed E-state index contributed by atoms with van der Waals surface area (Å²) in [5.41, 5.74) is 1.10. The second kappa shape index (κ2) is 11.0. The number of rotatable bonds is 8. The lowest BCUT2D eigenvalue weighted by molar-refractivity contribution is -0.152. The minimum atomic E-state index is -0.319. The lowest BCUT2D eigenvalue weighted by Gasteiger charge is -2.32. The van der Waals surface area contributed by atoms with Crippen LogP contribution in [0.15, 0.2) is 22.7 Å². The van der Waals surface area contributed by atoms with E-state index in [9.17, 15) is 18.8 Å². The van der Waals surface area contributed by atoms with Gasteiger partial charge in [-0.25, -0.2) is 4.39 Å². The molecule has 1 atom stereocenters. The molecule has 2 heterocycles. The summed E-state index contributed by atoms with van der Waals surface area (Å²) in [6.45, 7) is 4.52. The molecule has 1 aliphatic heterocycles. The van der Waals surface area contributed by atoms with E-state index in [1.807, 2.05) is 0 Å². The quantitative estimate of drug-likeness (QED) is 0.557. The van der Waals surface area contributed by atoms with Gasteiger partial charge in [-0.3, -0.25) is 14.4 Å². The number of piperidine rings is 1. The van der Waals surface area contributed by atoms with Gasteiger partial charge in [0.25, 0.3) is 0 Å². The number of aromatic nitrogens is 2. The Morgan fingerprint density at radius 3 is 2.85 bits per heavy atom. The molecule has 1 saturated heterocycles. The van der Waals surface area contributed by atoms with Crippen LogP contribution in [0.25, 0.3) is 11.4 Å². The molecule has 3 rings (SSSR count). The molecule has 9 nitrogen and oxygen atoms in total. The smallest absolute Gasteiger partial charge is 0.310 e. The van der Waals surface area contributed by atoms with Gasteiger partial charge in [-0.2, -0.15) is 4.98 Å². The summed E-state index contributed by atoms with van der Waals surface area (Å²) in [7, 11) is 1.56. The molecule has 1 aromatic carbocycles. The summed E-state index contributed by atoms with van der Waals surface area (Å²) in [6.07, 6.45) is 1.74. The lowest BCUT2D eigenvalue weighted by Crippen LogP contribution is -2.47. The van der Waals surface area contributed by atoms with Crippen molar-refractivity contribution in [2.24, 2.45) is 5.92 Å². The summed E-state index contributed by atoms with van der Waals surface area (Å²) in [5.74, 6) is -0.744. The van der Waals surface area contributed by atoms with E-state index in [-0.39, 0.29) is 54.8 Å². The van der Waals surface area contributed by atoms with Gasteiger partial charge in [-0.15, -0.1) is 0 Å². The Kier molecular flexibility index (Phi) is 8.13. The van der Waals surface area contributed by atoms with Crippen molar-refractivity contribution >= 4 is 17.8 Å². The molecule has 10 heteroatoms. The number of carbonyl (C=O) groups excluding carboxylic acids is 3. The number of hydrogen-bond acceptors (Lipinski definition) is 7. The molecule has 0 N–H and O–H groups in total. The van der Waals surface area contributed by atoms with Crippen molar-refractivity contribution in [1.82, 2.24) is 19.9 Å². The number of carbonyl (C=O) groups is 3. The van der Waals surface area contributed by atoms with Crippen molar-refractivity contribution in [2.45, 2.75) is 39.5 Å². The fraction of sp³-hybridized carbons (Fsp3) is 0.522. The van der Waals surface area contributed by atoms with Gasteiger partial charge in [-0.05, 0) is 50.5 Å². The maximum Gasteiger partial charge on any atom is 0.310 e. The average molecular weight is 461 g/mol. The molecular formula is C23H29FN4O5. The zero-order valence-electron chi connectivity index (χ0n) is 19.2. The van der Waals surface area contributed by atoms with Gasteiger partial charge in [0.2, 0.25) is 23.5 Å². The Bertz CT molecular complexity index is 1010. The number of ether oxygens (including phenoxy) is 1. The first-order valence-corrected chi connectivity index (χ1v) is 11.1. The lowest BCUT2D eigenvalue weighted by atomic mass is 9.98. The van der Waals surface area contributed by atoms with Gasteiger partial charge in [0.15, 0.2) is 0 Å². The van der Waals surface area contributed by atoms with E-state index < -0.39 is 0 Å². The van der Waals surface area contributed by atoms with Crippen LogP contribution < -0.4 is 0 Å². The summed E-state index contributed by atoms with van der Waals surface area (Å²) in [5, 5.41) is 3.89. The van der Waals surface area contributed by atoms with E-state index in [2.05, 4.69) is 10.1 Å². The molecule has 0 radical (unpaired) electrons. The van der Waals surface area contributed by atoms with Crippen LogP contribution in [0.3, 0.4) is 0 Å². The fourth-order valence-electron chi connectivity index (χ4n) is 3.71. The van der Waals surface area contributed by atoms with Crippen LogP contribution in [-0.4, -0.2) is 71.0 Å². The SMILES string of the molecule is CCOC(=O)C1CCCN(C(=O)CN(C)C(=O)CCc2nc(-c3ccc(F)c(C)c3)no2)C1. The normalized spacial score (nSPS) is 15.9. The van der Waals surface area contributed by atoms with Crippen molar-refractivity contribution in [3.8, 4) is 11.4 Å². The van der Waals surface area contributed by atoms with E-state index in [4.69, 9.17) is 9.26 Å². The first-order valence-electron chi connectivity index (χ1n) is 11.1. The van der Waals surface area contributed by atoms with Crippen molar-refractivity contribution in [3.05, 3.63) is 35.5 Å². The third-order valence-electron chi connectivity index (χ3n) is 5.63. The Morgan fingerprint density at radius 2 is 2.12 bits per heavy atom. The van der Waals surface area contributed by atoms with E-state index in [1.165, 1.54) is 11.0 Å². The third kappa shape index (κ3) is 6.36. The highest BCUT2D eigenvalue weighted by atomic mass is 19.1. The molecule has 1 aromatic heterocycles. The zero-order valence-corrected chi connectivity index (χ0v) is 19.2. The van der Waals surface area contributed by atoms with Gasteiger partial charge < -0.3 is 19.1 Å². The molecule has 0 bridgehead atoms. The van der Waals surface area contributed by atoms with Gasteiger partial charge in [0.05, 0.1) is 19.1 Å². The highest BCUT2D eigenvalue weighted by Gasteiger charge is 2.30. The third-order valence-corrected chi connectivity index (χ3v) is 5.63. The molecule has 178 valence electrons. The van der Waals surface area contributed by atoms with Crippen molar-refractivity contribution in [1.29, 1.82) is 0 Å². The fourth-order valence-corrected chi connectivity index (χ4v) is 3.71. The topological polar surface area (TPSA) is 106 Å². The zero-order chi connectivity index (χ0) is 24.0. The van der Waals surface area contributed by atoms with Gasteiger partial charge in [-0.1, -0.05) is 5.16 Å². The summed E-state index contributed by atoms with van der Waals surface area (Å²) < 4.78 is 23.7. The highest BCUT2D eigenvalue weighted by molar-refractivity contribution is 5.85. The van der Waals surface area contributed by atoms with Crippen molar-refractivity contribution in [2.75, 3.05) is 33.3 Å². The van der Waals surface area contributed by atoms with E-state index in [0.717, 1.165) is 6.42 Å². The van der Waals surface area contributed by atoms with Crippen molar-refractivity contribution in [3.63, 3.8) is 0 Å². The minimum Gasteiger partial charge on any atom is -0.466 e. The van der Waals surface area contributed by atoms with E-state index >= 15 is 0 Å². The molecular weight excluding hydrogens is 431 g/mol.